The van der Waals surface area contributed by atoms with E-state index in [1.807, 2.05) is 11.0 Å². The molecule has 2 fully saturated rings. The number of anilines is 1. The lowest BCUT2D eigenvalue weighted by Gasteiger charge is -2.42. The number of hydrogen-bond acceptors (Lipinski definition) is 6. The highest BCUT2D eigenvalue weighted by Gasteiger charge is 2.34. The summed E-state index contributed by atoms with van der Waals surface area (Å²) in [5.41, 5.74) is 1.39. The maximum Gasteiger partial charge on any atom is 0.416 e. The summed E-state index contributed by atoms with van der Waals surface area (Å²) in [4.78, 5) is 19.7. The Morgan fingerprint density at radius 1 is 0.974 bits per heavy atom. The lowest BCUT2D eigenvalue weighted by Crippen LogP contribution is -2.57. The van der Waals surface area contributed by atoms with Gasteiger partial charge in [0.1, 0.15) is 5.75 Å². The van der Waals surface area contributed by atoms with Crippen LogP contribution in [0.25, 0.3) is 0 Å². The molecule has 206 valence electrons. The zero-order valence-corrected chi connectivity index (χ0v) is 21.5. The van der Waals surface area contributed by atoms with Crippen molar-refractivity contribution in [1.29, 1.82) is 0 Å². The fourth-order valence-electron chi connectivity index (χ4n) is 5.14. The third-order valence-corrected chi connectivity index (χ3v) is 7.30. The van der Waals surface area contributed by atoms with Gasteiger partial charge in [0.2, 0.25) is 5.88 Å². The first-order valence-corrected chi connectivity index (χ1v) is 13.2. The van der Waals surface area contributed by atoms with Crippen LogP contribution in [0.2, 0.25) is 0 Å². The minimum Gasteiger partial charge on any atom is -0.439 e. The summed E-state index contributed by atoms with van der Waals surface area (Å²) in [6.45, 7) is 4.74. The third-order valence-electron chi connectivity index (χ3n) is 7.30. The summed E-state index contributed by atoms with van der Waals surface area (Å²) >= 11 is 0. The van der Waals surface area contributed by atoms with Gasteiger partial charge in [-0.05, 0) is 85.9 Å². The van der Waals surface area contributed by atoms with E-state index >= 15 is 0 Å². The van der Waals surface area contributed by atoms with Gasteiger partial charge in [-0.2, -0.15) is 13.2 Å². The van der Waals surface area contributed by atoms with Crippen molar-refractivity contribution in [3.8, 4) is 11.6 Å². The average Bonchev–Trinajstić information content (AvgIpc) is 2.97. The number of piperidine rings is 1. The van der Waals surface area contributed by atoms with Gasteiger partial charge in [0.05, 0.1) is 5.56 Å². The van der Waals surface area contributed by atoms with Crippen molar-refractivity contribution in [2.24, 2.45) is 5.92 Å². The summed E-state index contributed by atoms with van der Waals surface area (Å²) in [6, 6.07) is 15.8. The fourth-order valence-corrected chi connectivity index (χ4v) is 5.14. The number of ether oxygens (including phenoxy) is 1. The maximum atomic E-state index is 13.4. The van der Waals surface area contributed by atoms with Crippen LogP contribution in [0, 0.1) is 5.92 Å². The second-order valence-corrected chi connectivity index (χ2v) is 9.92. The minimum atomic E-state index is -4.35. The quantitative estimate of drug-likeness (QED) is 0.396. The predicted octanol–water partition coefficient (Wildman–Crippen LogP) is 4.92. The molecule has 7 nitrogen and oxygen atoms in total. The predicted molar refractivity (Wildman–Crippen MR) is 143 cm³/mol. The molecule has 3 heterocycles. The topological polar surface area (TPSA) is 78.5 Å². The van der Waals surface area contributed by atoms with Crippen molar-refractivity contribution < 1.29 is 22.7 Å². The monoisotopic (exact) mass is 539 g/mol. The molecule has 0 bridgehead atoms. The molecular formula is C29H32F3N5O2. The SMILES string of the molecule is O=C(c1ccc(Oc2ccc(CNc3ccc(C(F)(F)F)cc3)cn2)cc1)N1CCNCC1C1CCNCC1. The fraction of sp³-hybridized carbons (Fsp3) is 0.379. The van der Waals surface area contributed by atoms with Crippen LogP contribution in [0.4, 0.5) is 18.9 Å². The molecule has 2 aliphatic heterocycles. The first-order chi connectivity index (χ1) is 18.9. The number of aromatic nitrogens is 1. The Balaban J connectivity index is 1.15. The second-order valence-electron chi connectivity index (χ2n) is 9.92. The lowest BCUT2D eigenvalue weighted by atomic mass is 9.88. The molecule has 2 aliphatic rings. The number of carbonyl (C=O) groups is 1. The summed E-state index contributed by atoms with van der Waals surface area (Å²) in [7, 11) is 0. The molecule has 1 atom stereocenters. The van der Waals surface area contributed by atoms with Gasteiger partial charge in [0.15, 0.2) is 0 Å². The molecule has 0 aliphatic carbocycles. The molecule has 1 aromatic heterocycles. The van der Waals surface area contributed by atoms with Crippen molar-refractivity contribution in [2.75, 3.05) is 38.0 Å². The van der Waals surface area contributed by atoms with Crippen molar-refractivity contribution >= 4 is 11.6 Å². The molecule has 39 heavy (non-hydrogen) atoms. The molecule has 1 unspecified atom stereocenters. The van der Waals surface area contributed by atoms with E-state index < -0.39 is 11.7 Å². The number of benzene rings is 2. The van der Waals surface area contributed by atoms with Crippen molar-refractivity contribution in [2.45, 2.75) is 31.6 Å². The number of pyridine rings is 1. The van der Waals surface area contributed by atoms with Gasteiger partial charge in [0, 0.05) is 55.7 Å². The van der Waals surface area contributed by atoms with Gasteiger partial charge >= 0.3 is 6.18 Å². The molecule has 10 heteroatoms. The maximum absolute atomic E-state index is 13.4. The Morgan fingerprint density at radius 3 is 2.38 bits per heavy atom. The van der Waals surface area contributed by atoms with Crippen LogP contribution in [0.15, 0.2) is 66.9 Å². The van der Waals surface area contributed by atoms with Crippen LogP contribution < -0.4 is 20.7 Å². The molecule has 0 saturated carbocycles. The first kappa shape index (κ1) is 27.0. The largest absolute Gasteiger partial charge is 0.439 e. The van der Waals surface area contributed by atoms with Crippen LogP contribution in [0.3, 0.4) is 0 Å². The Bertz CT molecular complexity index is 1230. The van der Waals surface area contributed by atoms with E-state index in [-0.39, 0.29) is 11.9 Å². The highest BCUT2D eigenvalue weighted by atomic mass is 19.4. The van der Waals surface area contributed by atoms with Gasteiger partial charge in [0.25, 0.3) is 5.91 Å². The standard InChI is InChI=1S/C29H32F3N5O2/c30-29(31,32)23-4-6-24(7-5-23)35-17-20-1-10-27(36-18-20)39-25-8-2-22(3-9-25)28(38)37-16-15-34-19-26(37)21-11-13-33-14-12-21/h1-10,18,21,26,33-35H,11-17,19H2. The Morgan fingerprint density at radius 2 is 1.72 bits per heavy atom. The number of hydrogen-bond donors (Lipinski definition) is 3. The summed E-state index contributed by atoms with van der Waals surface area (Å²) < 4.78 is 44.0. The van der Waals surface area contributed by atoms with Gasteiger partial charge in [-0.1, -0.05) is 6.07 Å². The molecule has 5 rings (SSSR count). The van der Waals surface area contributed by atoms with E-state index in [0.29, 0.717) is 41.9 Å². The Kier molecular flexibility index (Phi) is 8.33. The van der Waals surface area contributed by atoms with E-state index in [2.05, 4.69) is 20.9 Å². The van der Waals surface area contributed by atoms with Crippen LogP contribution in [0.1, 0.15) is 34.3 Å². The highest BCUT2D eigenvalue weighted by Crippen LogP contribution is 2.30. The molecule has 2 aromatic carbocycles. The number of alkyl halides is 3. The third kappa shape index (κ3) is 6.88. The van der Waals surface area contributed by atoms with E-state index in [9.17, 15) is 18.0 Å². The minimum absolute atomic E-state index is 0.0506. The smallest absolute Gasteiger partial charge is 0.416 e. The van der Waals surface area contributed by atoms with Crippen LogP contribution >= 0.6 is 0 Å². The van der Waals surface area contributed by atoms with Crippen molar-refractivity contribution in [3.63, 3.8) is 0 Å². The number of halogens is 3. The molecule has 3 aromatic rings. The second kappa shape index (κ2) is 12.0. The highest BCUT2D eigenvalue weighted by molar-refractivity contribution is 5.94. The number of piperazine rings is 1. The normalized spacial score (nSPS) is 18.5. The zero-order valence-electron chi connectivity index (χ0n) is 21.5. The number of amides is 1. The van der Waals surface area contributed by atoms with Gasteiger partial charge in [-0.25, -0.2) is 4.98 Å². The first-order valence-electron chi connectivity index (χ1n) is 13.2. The van der Waals surface area contributed by atoms with E-state index in [1.165, 1.54) is 12.1 Å². The molecule has 3 N–H and O–H groups in total. The van der Waals surface area contributed by atoms with Gasteiger partial charge in [-0.15, -0.1) is 0 Å². The van der Waals surface area contributed by atoms with E-state index in [4.69, 9.17) is 4.74 Å². The van der Waals surface area contributed by atoms with Crippen LogP contribution in [-0.2, 0) is 12.7 Å². The lowest BCUT2D eigenvalue weighted by molar-refractivity contribution is -0.137. The zero-order chi connectivity index (χ0) is 27.2. The summed E-state index contributed by atoms with van der Waals surface area (Å²) in [5, 5.41) is 9.93. The molecule has 0 radical (unpaired) electrons. The number of nitrogens with zero attached hydrogens (tertiary/aromatic N) is 2. The summed E-state index contributed by atoms with van der Waals surface area (Å²) in [6.07, 6.45) is -0.538. The number of rotatable bonds is 7. The summed E-state index contributed by atoms with van der Waals surface area (Å²) in [5.74, 6) is 1.53. The average molecular weight is 540 g/mol. The van der Waals surface area contributed by atoms with Crippen molar-refractivity contribution in [1.82, 2.24) is 20.5 Å². The van der Waals surface area contributed by atoms with E-state index in [1.54, 1.807) is 36.5 Å². The van der Waals surface area contributed by atoms with Crippen molar-refractivity contribution in [3.05, 3.63) is 83.6 Å². The molecule has 1 amide bonds. The van der Waals surface area contributed by atoms with Crippen LogP contribution in [-0.4, -0.2) is 54.6 Å². The number of nitrogens with one attached hydrogen (secondary N) is 3. The van der Waals surface area contributed by atoms with Gasteiger partial charge in [-0.3, -0.25) is 4.79 Å². The van der Waals surface area contributed by atoms with Crippen LogP contribution in [0.5, 0.6) is 11.6 Å². The molecular weight excluding hydrogens is 507 g/mol. The van der Waals surface area contributed by atoms with E-state index in [0.717, 1.165) is 56.7 Å². The van der Waals surface area contributed by atoms with Gasteiger partial charge < -0.3 is 25.6 Å². The molecule has 0 spiro atoms. The Labute approximate surface area is 225 Å². The molecule has 2 saturated heterocycles. The Hall–Kier alpha value is -3.63. The number of carbonyl (C=O) groups excluding carboxylic acids is 1.